The van der Waals surface area contributed by atoms with Crippen LogP contribution >= 0.6 is 12.6 Å². The van der Waals surface area contributed by atoms with Crippen LogP contribution in [0.3, 0.4) is 0 Å². The normalized spacial score (nSPS) is 11.2. The van der Waals surface area contributed by atoms with E-state index in [1.165, 1.54) is 6.08 Å². The summed E-state index contributed by atoms with van der Waals surface area (Å²) in [6, 6.07) is 7.94. The molecule has 0 aliphatic carbocycles. The van der Waals surface area contributed by atoms with Crippen molar-refractivity contribution in [3.05, 3.63) is 42.1 Å². The maximum Gasteiger partial charge on any atom is 0.209 e. The maximum atomic E-state index is 10.6. The first kappa shape index (κ1) is 9.09. The van der Waals surface area contributed by atoms with Gasteiger partial charge in [0.25, 0.3) is 0 Å². The monoisotopic (exact) mass is 203 g/mol. The van der Waals surface area contributed by atoms with Crippen LogP contribution in [0.5, 0.6) is 0 Å². The Balaban J connectivity index is 2.48. The maximum absolute atomic E-state index is 10.6. The van der Waals surface area contributed by atoms with E-state index in [4.69, 9.17) is 0 Å². The van der Waals surface area contributed by atoms with Gasteiger partial charge >= 0.3 is 0 Å². The number of benzene rings is 1. The van der Waals surface area contributed by atoms with E-state index in [-0.39, 0.29) is 5.12 Å². The van der Waals surface area contributed by atoms with Gasteiger partial charge in [-0.15, -0.1) is 12.6 Å². The molecule has 0 aliphatic heterocycles. The number of H-pyrrole nitrogens is 1. The number of aromatic amines is 1. The predicted molar refractivity (Wildman–Crippen MR) is 61.3 cm³/mol. The molecule has 0 saturated heterocycles. The van der Waals surface area contributed by atoms with Crippen molar-refractivity contribution in [3.8, 4) is 0 Å². The summed E-state index contributed by atoms with van der Waals surface area (Å²) in [5, 5.41) is 0.869. The van der Waals surface area contributed by atoms with E-state index in [0.717, 1.165) is 16.5 Å². The molecule has 0 saturated carbocycles. The van der Waals surface area contributed by atoms with Gasteiger partial charge in [-0.05, 0) is 23.8 Å². The van der Waals surface area contributed by atoms with Crippen molar-refractivity contribution in [2.45, 2.75) is 0 Å². The lowest BCUT2D eigenvalue weighted by atomic mass is 10.2. The molecule has 0 unspecified atom stereocenters. The number of carbonyl (C=O) groups is 1. The molecular weight excluding hydrogens is 194 g/mol. The quantitative estimate of drug-likeness (QED) is 0.571. The van der Waals surface area contributed by atoms with E-state index in [9.17, 15) is 4.79 Å². The first-order valence-electron chi connectivity index (χ1n) is 4.24. The summed E-state index contributed by atoms with van der Waals surface area (Å²) in [6.07, 6.45) is 5.07. The highest BCUT2D eigenvalue weighted by Gasteiger charge is 1.98. The molecule has 2 aromatic rings. The molecule has 14 heavy (non-hydrogen) atoms. The summed E-state index contributed by atoms with van der Waals surface area (Å²) in [5.41, 5.74) is 2.07. The van der Waals surface area contributed by atoms with Crippen LogP contribution in [0.4, 0.5) is 0 Å². The smallest absolute Gasteiger partial charge is 0.209 e. The Hall–Kier alpha value is -1.48. The van der Waals surface area contributed by atoms with Crippen molar-refractivity contribution in [1.82, 2.24) is 4.98 Å². The van der Waals surface area contributed by atoms with Crippen LogP contribution in [-0.4, -0.2) is 10.1 Å². The van der Waals surface area contributed by atoms with E-state index in [1.54, 1.807) is 6.08 Å². The van der Waals surface area contributed by atoms with Crippen molar-refractivity contribution in [2.75, 3.05) is 0 Å². The van der Waals surface area contributed by atoms with Crippen LogP contribution in [0.2, 0.25) is 0 Å². The fourth-order valence-corrected chi connectivity index (χ4v) is 1.47. The topological polar surface area (TPSA) is 32.9 Å². The van der Waals surface area contributed by atoms with Crippen molar-refractivity contribution in [3.63, 3.8) is 0 Å². The van der Waals surface area contributed by atoms with E-state index in [0.29, 0.717) is 0 Å². The molecule has 1 aromatic carbocycles. The molecule has 0 radical (unpaired) electrons. The van der Waals surface area contributed by atoms with Crippen molar-refractivity contribution in [2.24, 2.45) is 0 Å². The molecule has 1 aromatic heterocycles. The molecule has 1 N–H and O–H groups in total. The summed E-state index contributed by atoms with van der Waals surface area (Å²) in [6.45, 7) is 0. The first-order valence-corrected chi connectivity index (χ1v) is 4.69. The van der Waals surface area contributed by atoms with Crippen LogP contribution in [0.25, 0.3) is 17.0 Å². The fourth-order valence-electron chi connectivity index (χ4n) is 1.39. The number of hydrogen-bond acceptors (Lipinski definition) is 1. The van der Waals surface area contributed by atoms with Gasteiger partial charge in [0.15, 0.2) is 0 Å². The number of para-hydroxylation sites is 1. The van der Waals surface area contributed by atoms with Crippen molar-refractivity contribution >= 4 is 34.7 Å². The molecule has 70 valence electrons. The number of thiol groups is 1. The second-order valence-electron chi connectivity index (χ2n) is 2.96. The minimum absolute atomic E-state index is 0.240. The van der Waals surface area contributed by atoms with Crippen molar-refractivity contribution in [1.29, 1.82) is 0 Å². The number of aromatic nitrogens is 1. The van der Waals surface area contributed by atoms with Crippen LogP contribution in [-0.2, 0) is 4.79 Å². The third-order valence-electron chi connectivity index (χ3n) is 2.03. The van der Waals surface area contributed by atoms with E-state index in [1.807, 2.05) is 30.5 Å². The van der Waals surface area contributed by atoms with Gasteiger partial charge in [-0.1, -0.05) is 18.2 Å². The van der Waals surface area contributed by atoms with Crippen molar-refractivity contribution < 1.29 is 4.79 Å². The molecule has 3 heteroatoms. The SMILES string of the molecule is O=C(S)C=Cc1c[nH]c2ccccc12. The minimum Gasteiger partial charge on any atom is -0.361 e. The zero-order valence-electron chi connectivity index (χ0n) is 7.40. The van der Waals surface area contributed by atoms with Gasteiger partial charge in [0.05, 0.1) is 0 Å². The third-order valence-corrected chi connectivity index (χ3v) is 2.18. The molecule has 0 atom stereocenters. The number of fused-ring (bicyclic) bond motifs is 1. The molecule has 0 bridgehead atoms. The predicted octanol–water partition coefficient (Wildman–Crippen LogP) is 2.64. The second kappa shape index (κ2) is 3.72. The van der Waals surface area contributed by atoms with E-state index < -0.39 is 0 Å². The van der Waals surface area contributed by atoms with Crippen LogP contribution in [0.15, 0.2) is 36.5 Å². The molecule has 0 spiro atoms. The second-order valence-corrected chi connectivity index (χ2v) is 3.40. The zero-order valence-corrected chi connectivity index (χ0v) is 8.29. The van der Waals surface area contributed by atoms with Crippen LogP contribution in [0, 0.1) is 0 Å². The lowest BCUT2D eigenvalue weighted by molar-refractivity contribution is -0.106. The van der Waals surface area contributed by atoms with Gasteiger partial charge in [-0.3, -0.25) is 4.79 Å². The number of nitrogens with one attached hydrogen (secondary N) is 1. The molecular formula is C11H9NOS. The van der Waals surface area contributed by atoms with E-state index >= 15 is 0 Å². The largest absolute Gasteiger partial charge is 0.361 e. The summed E-state index contributed by atoms with van der Waals surface area (Å²) in [4.78, 5) is 13.8. The van der Waals surface area contributed by atoms with Crippen LogP contribution < -0.4 is 0 Å². The Morgan fingerprint density at radius 1 is 1.36 bits per heavy atom. The lowest BCUT2D eigenvalue weighted by Gasteiger charge is -1.89. The first-order chi connectivity index (χ1) is 6.77. The van der Waals surface area contributed by atoms with Gasteiger partial charge in [0.1, 0.15) is 0 Å². The zero-order chi connectivity index (χ0) is 9.97. The third kappa shape index (κ3) is 1.72. The summed E-state index contributed by atoms with van der Waals surface area (Å²) < 4.78 is 0. The Morgan fingerprint density at radius 2 is 2.14 bits per heavy atom. The Labute approximate surface area is 87.0 Å². The van der Waals surface area contributed by atoms with Gasteiger partial charge in [-0.25, -0.2) is 0 Å². The summed E-state index contributed by atoms with van der Waals surface area (Å²) in [5.74, 6) is 0. The van der Waals surface area contributed by atoms with Crippen LogP contribution in [0.1, 0.15) is 5.56 Å². The van der Waals surface area contributed by atoms with Gasteiger partial charge < -0.3 is 4.98 Å². The molecule has 0 fully saturated rings. The van der Waals surface area contributed by atoms with Gasteiger partial charge in [0, 0.05) is 17.1 Å². The number of rotatable bonds is 2. The van der Waals surface area contributed by atoms with Gasteiger partial charge in [-0.2, -0.15) is 0 Å². The average molecular weight is 203 g/mol. The number of carbonyl (C=O) groups excluding carboxylic acids is 1. The van der Waals surface area contributed by atoms with E-state index in [2.05, 4.69) is 17.6 Å². The summed E-state index contributed by atoms with van der Waals surface area (Å²) >= 11 is 3.67. The highest BCUT2D eigenvalue weighted by molar-refractivity contribution is 7.97. The Kier molecular flexibility index (Phi) is 2.41. The highest BCUT2D eigenvalue weighted by Crippen LogP contribution is 2.18. The molecule has 0 aliphatic rings. The molecule has 2 nitrogen and oxygen atoms in total. The Bertz CT molecular complexity index is 499. The number of hydrogen-bond donors (Lipinski definition) is 2. The minimum atomic E-state index is -0.240. The molecule has 0 amide bonds. The molecule has 1 heterocycles. The standard InChI is InChI=1S/C11H9NOS/c13-11(14)6-5-8-7-12-10-4-2-1-3-9(8)10/h1-7,12H,(H,13,14). The average Bonchev–Trinajstić information content (AvgIpc) is 2.58. The van der Waals surface area contributed by atoms with Gasteiger partial charge in [0.2, 0.25) is 5.12 Å². The Morgan fingerprint density at radius 3 is 2.93 bits per heavy atom. The summed E-state index contributed by atoms with van der Waals surface area (Å²) in [7, 11) is 0. The lowest BCUT2D eigenvalue weighted by Crippen LogP contribution is -1.74. The highest BCUT2D eigenvalue weighted by atomic mass is 32.1. The molecule has 2 rings (SSSR count). The fraction of sp³-hybridized carbons (Fsp3) is 0.